The fraction of sp³-hybridized carbons (Fsp3) is 0. The maximum absolute atomic E-state index is 12.1. The summed E-state index contributed by atoms with van der Waals surface area (Å²) in [5.74, 6) is -5.58. The Morgan fingerprint density at radius 1 is 0.579 bits per heavy atom. The predicted molar refractivity (Wildman–Crippen MR) is 56.0 cm³/mol. The van der Waals surface area contributed by atoms with Crippen LogP contribution in [0.1, 0.15) is 0 Å². The van der Waals surface area contributed by atoms with E-state index in [2.05, 4.69) is 0 Å². The molecule has 2 rings (SSSR count). The first kappa shape index (κ1) is 17.6. The summed E-state index contributed by atoms with van der Waals surface area (Å²) in [6.45, 7) is 0. The van der Waals surface area contributed by atoms with Gasteiger partial charge in [0.05, 0.1) is 0 Å². The summed E-state index contributed by atoms with van der Waals surface area (Å²) in [6.07, 6.45) is 0. The van der Waals surface area contributed by atoms with Gasteiger partial charge in [0, 0.05) is 26.2 Å². The van der Waals surface area contributed by atoms with Crippen LogP contribution in [0.2, 0.25) is 0 Å². The molecule has 0 aliphatic rings. The Morgan fingerprint density at radius 3 is 0.947 bits per heavy atom. The molecule has 2 aromatic carbocycles. The first-order valence-corrected chi connectivity index (χ1v) is 4.69. The number of hydrogen-bond donors (Lipinski definition) is 2. The summed E-state index contributed by atoms with van der Waals surface area (Å²) >= 11 is 0. The van der Waals surface area contributed by atoms with Gasteiger partial charge in [0.1, 0.15) is 0 Å². The predicted octanol–water partition coefficient (Wildman–Crippen LogP) is 3.34. The molecule has 0 unspecified atom stereocenters. The molecule has 0 saturated carbocycles. The average Bonchev–Trinajstić information content (AvgIpc) is 2.34. The van der Waals surface area contributed by atoms with Crippen molar-refractivity contribution < 1.29 is 54.0 Å². The number of benzene rings is 2. The Morgan fingerprint density at radius 2 is 0.789 bits per heavy atom. The van der Waals surface area contributed by atoms with Crippen molar-refractivity contribution >= 4 is 0 Å². The van der Waals surface area contributed by atoms with E-state index in [9.17, 15) is 17.6 Å². The fourth-order valence-electron chi connectivity index (χ4n) is 0.978. The largest absolute Gasteiger partial charge is 0.503 e. The van der Waals surface area contributed by atoms with E-state index in [1.807, 2.05) is 0 Å². The third kappa shape index (κ3) is 5.03. The van der Waals surface area contributed by atoms with Crippen molar-refractivity contribution in [3.63, 3.8) is 0 Å². The van der Waals surface area contributed by atoms with E-state index < -0.39 is 34.8 Å². The minimum atomic E-state index is -0.935. The second-order valence-corrected chi connectivity index (χ2v) is 3.14. The van der Waals surface area contributed by atoms with Gasteiger partial charge in [0.15, 0.2) is 34.8 Å². The van der Waals surface area contributed by atoms with E-state index in [1.54, 1.807) is 0 Å². The SMILES string of the molecule is Oc1c(F)cccc1F.Oc1c(F)cccc1F.[Zr]. The number of para-hydroxylation sites is 2. The fourth-order valence-corrected chi connectivity index (χ4v) is 0.978. The zero-order valence-corrected chi connectivity index (χ0v) is 11.8. The van der Waals surface area contributed by atoms with Crippen molar-refractivity contribution in [3.05, 3.63) is 59.7 Å². The quantitative estimate of drug-likeness (QED) is 0.715. The molecule has 7 heteroatoms. The van der Waals surface area contributed by atoms with Crippen molar-refractivity contribution in [2.45, 2.75) is 0 Å². The first-order valence-electron chi connectivity index (χ1n) is 4.69. The molecule has 2 aromatic rings. The first-order chi connectivity index (χ1) is 8.43. The van der Waals surface area contributed by atoms with Crippen molar-refractivity contribution in [1.82, 2.24) is 0 Å². The second kappa shape index (κ2) is 7.94. The normalized spacial score (nSPS) is 9.05. The number of hydrogen-bond acceptors (Lipinski definition) is 2. The van der Waals surface area contributed by atoms with Gasteiger partial charge in [-0.05, 0) is 24.3 Å². The molecule has 0 heterocycles. The Hall–Kier alpha value is -1.36. The van der Waals surface area contributed by atoms with E-state index in [1.165, 1.54) is 12.1 Å². The second-order valence-electron chi connectivity index (χ2n) is 3.14. The van der Waals surface area contributed by atoms with Crippen LogP contribution in [0.3, 0.4) is 0 Å². The molecule has 0 aliphatic heterocycles. The molecule has 2 nitrogen and oxygen atoms in total. The molecule has 0 spiro atoms. The zero-order valence-electron chi connectivity index (χ0n) is 9.37. The minimum absolute atomic E-state index is 0. The van der Waals surface area contributed by atoms with E-state index in [0.29, 0.717) is 0 Å². The molecular weight excluding hydrogens is 343 g/mol. The maximum Gasteiger partial charge on any atom is 0.187 e. The van der Waals surface area contributed by atoms with Crippen molar-refractivity contribution in [2.75, 3.05) is 0 Å². The van der Waals surface area contributed by atoms with Crippen LogP contribution in [0.15, 0.2) is 36.4 Å². The standard InChI is InChI=1S/2C6H4F2O.Zr/c2*7-4-2-1-3-5(8)6(4)9;/h2*1-3,9H;. The summed E-state index contributed by atoms with van der Waals surface area (Å²) in [7, 11) is 0. The van der Waals surface area contributed by atoms with Crippen molar-refractivity contribution in [1.29, 1.82) is 0 Å². The summed E-state index contributed by atoms with van der Waals surface area (Å²) in [5.41, 5.74) is 0. The van der Waals surface area contributed by atoms with Crippen LogP contribution in [0.4, 0.5) is 17.6 Å². The van der Waals surface area contributed by atoms with E-state index in [0.717, 1.165) is 24.3 Å². The molecule has 0 aliphatic carbocycles. The van der Waals surface area contributed by atoms with Gasteiger partial charge < -0.3 is 10.2 Å². The van der Waals surface area contributed by atoms with Gasteiger partial charge in [-0.25, -0.2) is 17.6 Å². The third-order valence-electron chi connectivity index (χ3n) is 1.88. The number of rotatable bonds is 0. The summed E-state index contributed by atoms with van der Waals surface area (Å²) in [4.78, 5) is 0. The molecule has 19 heavy (non-hydrogen) atoms. The van der Waals surface area contributed by atoms with Gasteiger partial charge in [-0.2, -0.15) is 0 Å². The summed E-state index contributed by atoms with van der Waals surface area (Å²) in [5, 5.41) is 16.9. The van der Waals surface area contributed by atoms with Gasteiger partial charge >= 0.3 is 0 Å². The van der Waals surface area contributed by atoms with Crippen LogP contribution in [0, 0.1) is 23.3 Å². The summed E-state index contributed by atoms with van der Waals surface area (Å²) < 4.78 is 48.4. The average molecular weight is 351 g/mol. The van der Waals surface area contributed by atoms with Gasteiger partial charge in [0.2, 0.25) is 0 Å². The van der Waals surface area contributed by atoms with E-state index in [-0.39, 0.29) is 26.2 Å². The van der Waals surface area contributed by atoms with Gasteiger partial charge in [-0.1, -0.05) is 12.1 Å². The van der Waals surface area contributed by atoms with Crippen LogP contribution in [-0.2, 0) is 26.2 Å². The van der Waals surface area contributed by atoms with Gasteiger partial charge in [-0.15, -0.1) is 0 Å². The zero-order chi connectivity index (χ0) is 13.7. The van der Waals surface area contributed by atoms with Crippen LogP contribution < -0.4 is 0 Å². The van der Waals surface area contributed by atoms with Crippen LogP contribution in [0.5, 0.6) is 11.5 Å². The van der Waals surface area contributed by atoms with Crippen molar-refractivity contribution in [2.24, 2.45) is 0 Å². The molecule has 0 radical (unpaired) electrons. The van der Waals surface area contributed by atoms with E-state index in [4.69, 9.17) is 10.2 Å². The summed E-state index contributed by atoms with van der Waals surface area (Å²) in [6, 6.07) is 6.31. The Bertz CT molecular complexity index is 459. The Balaban J connectivity index is 0.000000324. The maximum atomic E-state index is 12.1. The molecule has 0 bridgehead atoms. The number of halogens is 4. The van der Waals surface area contributed by atoms with E-state index >= 15 is 0 Å². The minimum Gasteiger partial charge on any atom is -0.503 e. The van der Waals surface area contributed by atoms with Crippen LogP contribution >= 0.6 is 0 Å². The molecule has 0 fully saturated rings. The Labute approximate surface area is 125 Å². The molecule has 0 atom stereocenters. The van der Waals surface area contributed by atoms with Crippen LogP contribution in [-0.4, -0.2) is 10.2 Å². The Kier molecular flexibility index (Phi) is 7.38. The molecular formula is C12H8F4O2Zr. The van der Waals surface area contributed by atoms with Gasteiger partial charge in [0.25, 0.3) is 0 Å². The molecule has 0 aromatic heterocycles. The topological polar surface area (TPSA) is 40.5 Å². The number of phenolic OH excluding ortho intramolecular Hbond substituents is 2. The molecule has 0 saturated heterocycles. The monoisotopic (exact) mass is 350 g/mol. The number of aromatic hydroxyl groups is 2. The smallest absolute Gasteiger partial charge is 0.187 e. The molecule has 2 N–H and O–H groups in total. The number of phenols is 2. The third-order valence-corrected chi connectivity index (χ3v) is 1.88. The van der Waals surface area contributed by atoms with Gasteiger partial charge in [-0.3, -0.25) is 0 Å². The van der Waals surface area contributed by atoms with Crippen LogP contribution in [0.25, 0.3) is 0 Å². The van der Waals surface area contributed by atoms with Crippen molar-refractivity contribution in [3.8, 4) is 11.5 Å². The molecule has 100 valence electrons. The molecule has 0 amide bonds.